The summed E-state index contributed by atoms with van der Waals surface area (Å²) in [6.07, 6.45) is 0. The first-order valence-corrected chi connectivity index (χ1v) is 19.8. The Morgan fingerprint density at radius 3 is 1.90 bits per heavy atom. The Hall–Kier alpha value is -4.61. The number of nitrogens with zero attached hydrogens (tertiary/aromatic N) is 1. The molecular weight excluding hydrogens is 660 g/mol. The van der Waals surface area contributed by atoms with Crippen LogP contribution < -0.4 is 37.7 Å². The molecule has 0 atom stereocenters. The fourth-order valence-corrected chi connectivity index (χ4v) is 13.2. The van der Waals surface area contributed by atoms with Gasteiger partial charge < -0.3 is 4.90 Å². The van der Waals surface area contributed by atoms with E-state index in [1.54, 1.807) is 0 Å². The molecule has 0 amide bonds. The van der Waals surface area contributed by atoms with Crippen LogP contribution in [0, 0.1) is 13.8 Å². The second-order valence-electron chi connectivity index (χ2n) is 14.1. The van der Waals surface area contributed by atoms with Crippen LogP contribution in [0.25, 0.3) is 31.3 Å². The average molecular weight is 688 g/mol. The van der Waals surface area contributed by atoms with Gasteiger partial charge in [0.25, 0.3) is 0 Å². The normalized spacial score (nSPS) is 14.3. The molecule has 0 N–H and O–H groups in total. The molecule has 4 aliphatic heterocycles. The fourth-order valence-electron chi connectivity index (χ4n) is 9.28. The minimum Gasteiger partial charge on any atom is -0.311 e. The van der Waals surface area contributed by atoms with Crippen LogP contribution in [0.1, 0.15) is 11.1 Å². The highest BCUT2D eigenvalue weighted by Crippen LogP contribution is 2.53. The summed E-state index contributed by atoms with van der Waals surface area (Å²) < 4.78 is 2.74. The van der Waals surface area contributed by atoms with Crippen LogP contribution >= 0.6 is 34.9 Å². The van der Waals surface area contributed by atoms with Crippen molar-refractivity contribution in [2.24, 2.45) is 0 Å². The molecule has 50 heavy (non-hydrogen) atoms. The van der Waals surface area contributed by atoms with Gasteiger partial charge in [-0.2, -0.15) is 0 Å². The number of anilines is 3. The Kier molecular flexibility index (Phi) is 5.63. The van der Waals surface area contributed by atoms with Crippen molar-refractivity contribution in [2.75, 3.05) is 4.90 Å². The van der Waals surface area contributed by atoms with Crippen molar-refractivity contribution in [1.29, 1.82) is 0 Å². The van der Waals surface area contributed by atoms with Crippen molar-refractivity contribution in [1.82, 2.24) is 0 Å². The predicted octanol–water partition coefficient (Wildman–Crippen LogP) is 8.40. The van der Waals surface area contributed by atoms with Crippen LogP contribution in [0.5, 0.6) is 0 Å². The van der Waals surface area contributed by atoms with Crippen LogP contribution in [0.15, 0.2) is 147 Å². The van der Waals surface area contributed by atoms with Crippen LogP contribution in [0.2, 0.25) is 0 Å². The zero-order chi connectivity index (χ0) is 32.8. The highest BCUT2D eigenvalue weighted by molar-refractivity contribution is 8.01. The number of fused-ring (bicyclic) bond motifs is 14. The predicted molar refractivity (Wildman–Crippen MR) is 219 cm³/mol. The molecule has 0 bridgehead atoms. The number of aryl methyl sites for hydroxylation is 2. The van der Waals surface area contributed by atoms with Gasteiger partial charge in [0, 0.05) is 52.0 Å². The third-order valence-corrected chi connectivity index (χ3v) is 14.9. The lowest BCUT2D eigenvalue weighted by Crippen LogP contribution is -2.67. The lowest BCUT2D eigenvalue weighted by atomic mass is 9.30. The van der Waals surface area contributed by atoms with Gasteiger partial charge in [-0.15, -0.1) is 11.3 Å². The van der Waals surface area contributed by atoms with Gasteiger partial charge in [-0.1, -0.05) is 149 Å². The maximum atomic E-state index is 2.71. The third kappa shape index (κ3) is 3.54. The Morgan fingerprint density at radius 1 is 0.520 bits per heavy atom. The molecule has 6 heteroatoms. The molecule has 0 spiro atoms. The van der Waals surface area contributed by atoms with Gasteiger partial charge in [0.1, 0.15) is 0 Å². The van der Waals surface area contributed by atoms with Crippen LogP contribution in [-0.4, -0.2) is 13.4 Å². The first-order valence-electron chi connectivity index (χ1n) is 17.3. The topological polar surface area (TPSA) is 3.24 Å². The molecule has 0 aliphatic carbocycles. The Bertz CT molecular complexity index is 2800. The van der Waals surface area contributed by atoms with Gasteiger partial charge in [-0.05, 0) is 65.5 Å². The molecule has 232 valence electrons. The lowest BCUT2D eigenvalue weighted by Gasteiger charge is -2.48. The highest BCUT2D eigenvalue weighted by Gasteiger charge is 2.51. The van der Waals surface area contributed by atoms with Gasteiger partial charge in [0.2, 0.25) is 13.4 Å². The summed E-state index contributed by atoms with van der Waals surface area (Å²) in [6.45, 7) is 4.79. The molecule has 1 nitrogen and oxygen atoms in total. The summed E-state index contributed by atoms with van der Waals surface area (Å²) in [6, 6.07) is 48.6. The van der Waals surface area contributed by atoms with Gasteiger partial charge >= 0.3 is 0 Å². The maximum Gasteiger partial charge on any atom is 0.249 e. The minimum absolute atomic E-state index is 0.139. The van der Waals surface area contributed by atoms with E-state index in [1.807, 2.05) is 34.9 Å². The highest BCUT2D eigenvalue weighted by atomic mass is 32.2. The second kappa shape index (κ2) is 10.0. The Morgan fingerprint density at radius 2 is 1.16 bits per heavy atom. The van der Waals surface area contributed by atoms with E-state index in [1.165, 1.54) is 112 Å². The fraction of sp³-hybridized carbons (Fsp3) is 0.0455. The maximum absolute atomic E-state index is 2.71. The summed E-state index contributed by atoms with van der Waals surface area (Å²) >= 11 is 5.94. The van der Waals surface area contributed by atoms with E-state index in [0.717, 1.165) is 0 Å². The number of rotatable bonds is 1. The molecule has 0 radical (unpaired) electrons. The van der Waals surface area contributed by atoms with Crippen molar-refractivity contribution in [3.8, 4) is 11.1 Å². The van der Waals surface area contributed by atoms with E-state index in [9.17, 15) is 0 Å². The number of thiophene rings is 1. The Balaban J connectivity index is 1.31. The standard InChI is InChI=1S/C44H27B2NS3/c1-24-16-20-35-31(22-24)45-29-13-7-8-14-33(29)47-40-30(19-18-28-27-12-6-9-15-34(27)48-42(28)40)46-32-23-25(2)17-21-36(32)50-44-37(26-10-4-3-5-11-26)43(49-35)38(45)41(47)39(44)46/h3-23H,1-2H3. The molecule has 0 saturated heterocycles. The molecule has 8 aromatic rings. The van der Waals surface area contributed by atoms with Crippen molar-refractivity contribution >= 4 is 118 Å². The van der Waals surface area contributed by atoms with Gasteiger partial charge in [0.15, 0.2) is 0 Å². The van der Waals surface area contributed by atoms with Crippen LogP contribution in [-0.2, 0) is 0 Å². The second-order valence-corrected chi connectivity index (χ2v) is 17.3. The lowest BCUT2D eigenvalue weighted by molar-refractivity contribution is 1.25. The summed E-state index contributed by atoms with van der Waals surface area (Å²) in [5.41, 5.74) is 18.1. The number of para-hydroxylation sites is 1. The number of benzene rings is 7. The molecule has 4 aliphatic rings. The van der Waals surface area contributed by atoms with Crippen LogP contribution in [0.4, 0.5) is 17.1 Å². The molecule has 0 unspecified atom stereocenters. The smallest absolute Gasteiger partial charge is 0.249 e. The average Bonchev–Trinajstić information content (AvgIpc) is 3.54. The molecule has 0 fully saturated rings. The summed E-state index contributed by atoms with van der Waals surface area (Å²) in [5, 5.41) is 2.70. The zero-order valence-corrected chi connectivity index (χ0v) is 29.9. The monoisotopic (exact) mass is 687 g/mol. The molecular formula is C44H27B2NS3. The van der Waals surface area contributed by atoms with E-state index in [4.69, 9.17) is 0 Å². The number of hydrogen-bond acceptors (Lipinski definition) is 4. The van der Waals surface area contributed by atoms with Gasteiger partial charge in [0.05, 0.1) is 10.4 Å². The van der Waals surface area contributed by atoms with Crippen molar-refractivity contribution in [3.63, 3.8) is 0 Å². The molecule has 12 rings (SSSR count). The van der Waals surface area contributed by atoms with E-state index in [0.29, 0.717) is 0 Å². The zero-order valence-electron chi connectivity index (χ0n) is 27.5. The van der Waals surface area contributed by atoms with Crippen molar-refractivity contribution in [2.45, 2.75) is 33.4 Å². The molecule has 7 aromatic carbocycles. The van der Waals surface area contributed by atoms with Crippen LogP contribution in [0.3, 0.4) is 0 Å². The van der Waals surface area contributed by atoms with E-state index >= 15 is 0 Å². The third-order valence-electron chi connectivity index (χ3n) is 11.3. The largest absolute Gasteiger partial charge is 0.311 e. The van der Waals surface area contributed by atoms with Gasteiger partial charge in [-0.3, -0.25) is 0 Å². The van der Waals surface area contributed by atoms with Crippen molar-refractivity contribution in [3.05, 3.63) is 139 Å². The van der Waals surface area contributed by atoms with Crippen molar-refractivity contribution < 1.29 is 0 Å². The molecule has 5 heterocycles. The summed E-state index contributed by atoms with van der Waals surface area (Å²) in [4.78, 5) is 8.29. The van der Waals surface area contributed by atoms with Gasteiger partial charge in [-0.25, -0.2) is 0 Å². The van der Waals surface area contributed by atoms with E-state index in [2.05, 4.69) is 146 Å². The molecule has 1 aromatic heterocycles. The summed E-state index contributed by atoms with van der Waals surface area (Å²) in [5.74, 6) is 0. The quantitative estimate of drug-likeness (QED) is 0.160. The van der Waals surface area contributed by atoms with E-state index in [-0.39, 0.29) is 13.4 Å². The Labute approximate surface area is 304 Å². The first-order chi connectivity index (χ1) is 24.6. The number of hydrogen-bond donors (Lipinski definition) is 0. The molecule has 0 saturated carbocycles. The van der Waals surface area contributed by atoms with E-state index < -0.39 is 0 Å². The minimum atomic E-state index is 0.139. The summed E-state index contributed by atoms with van der Waals surface area (Å²) in [7, 11) is 0. The first kappa shape index (κ1) is 28.1. The SMILES string of the molecule is Cc1ccc2c(c1)B1c3ccccc3N3c4c1c(c(-c1ccccc1)c1c4B(c4cc(C)ccc4S1)c1ccc4c(sc5ccccc54)c13)S2.